The Bertz CT molecular complexity index is 548. The van der Waals surface area contributed by atoms with Crippen molar-refractivity contribution in [2.75, 3.05) is 6.54 Å². The average molecular weight is 264 g/mol. The number of nitrogens with zero attached hydrogens (tertiary/aromatic N) is 1. The highest BCUT2D eigenvalue weighted by Gasteiger charge is 2.17. The second kappa shape index (κ2) is 7.10. The van der Waals surface area contributed by atoms with Crippen LogP contribution in [0, 0.1) is 11.3 Å². The van der Waals surface area contributed by atoms with Gasteiger partial charge in [-0.1, -0.05) is 60.7 Å². The standard InChI is InChI=1S/C17H16N2O/c18-11-12-19-17(20)13-16(14-7-3-1-4-8-14)15-9-5-2-6-10-15/h1-10,16H,12-13H2,(H,19,20). The Morgan fingerprint density at radius 1 is 1.00 bits per heavy atom. The number of amides is 1. The maximum Gasteiger partial charge on any atom is 0.221 e. The van der Waals surface area contributed by atoms with E-state index in [1.54, 1.807) is 0 Å². The lowest BCUT2D eigenvalue weighted by Crippen LogP contribution is -2.25. The number of carbonyl (C=O) groups is 1. The molecule has 0 heterocycles. The molecule has 0 aliphatic heterocycles. The van der Waals surface area contributed by atoms with E-state index in [2.05, 4.69) is 5.32 Å². The fraction of sp³-hybridized carbons (Fsp3) is 0.176. The molecule has 0 aliphatic carbocycles. The molecule has 0 spiro atoms. The lowest BCUT2D eigenvalue weighted by atomic mass is 9.88. The van der Waals surface area contributed by atoms with Crippen LogP contribution in [-0.2, 0) is 4.79 Å². The predicted octanol–water partition coefficient (Wildman–Crippen LogP) is 2.85. The molecule has 20 heavy (non-hydrogen) atoms. The van der Waals surface area contributed by atoms with Crippen molar-refractivity contribution in [2.24, 2.45) is 0 Å². The normalized spacial score (nSPS) is 10.0. The molecule has 0 aliphatic rings. The molecule has 3 heteroatoms. The zero-order valence-electron chi connectivity index (χ0n) is 11.1. The quantitative estimate of drug-likeness (QED) is 0.844. The Morgan fingerprint density at radius 3 is 1.95 bits per heavy atom. The van der Waals surface area contributed by atoms with Crippen LogP contribution in [0.2, 0.25) is 0 Å². The Hall–Kier alpha value is -2.60. The van der Waals surface area contributed by atoms with Crippen LogP contribution in [0.3, 0.4) is 0 Å². The van der Waals surface area contributed by atoms with Crippen molar-refractivity contribution >= 4 is 5.91 Å². The number of benzene rings is 2. The first-order valence-corrected chi connectivity index (χ1v) is 6.55. The van der Waals surface area contributed by atoms with Crippen molar-refractivity contribution in [3.8, 4) is 6.07 Å². The number of hydrogen-bond acceptors (Lipinski definition) is 2. The molecular weight excluding hydrogens is 248 g/mol. The highest BCUT2D eigenvalue weighted by molar-refractivity contribution is 5.77. The van der Waals surface area contributed by atoms with Gasteiger partial charge in [-0.05, 0) is 11.1 Å². The third kappa shape index (κ3) is 3.69. The SMILES string of the molecule is N#CCNC(=O)CC(c1ccccc1)c1ccccc1. The summed E-state index contributed by atoms with van der Waals surface area (Å²) in [5.41, 5.74) is 2.21. The Kier molecular flexibility index (Phi) is 4.91. The topological polar surface area (TPSA) is 52.9 Å². The monoisotopic (exact) mass is 264 g/mol. The van der Waals surface area contributed by atoms with Crippen LogP contribution in [0.15, 0.2) is 60.7 Å². The molecule has 1 amide bonds. The van der Waals surface area contributed by atoms with Gasteiger partial charge in [-0.25, -0.2) is 0 Å². The molecule has 0 atom stereocenters. The molecule has 2 aromatic rings. The van der Waals surface area contributed by atoms with Crippen LogP contribution in [0.25, 0.3) is 0 Å². The van der Waals surface area contributed by atoms with Crippen LogP contribution < -0.4 is 5.32 Å². The summed E-state index contributed by atoms with van der Waals surface area (Å²) in [6.45, 7) is 0.0507. The van der Waals surface area contributed by atoms with Gasteiger partial charge >= 0.3 is 0 Å². The van der Waals surface area contributed by atoms with Crippen LogP contribution in [0.5, 0.6) is 0 Å². The first-order valence-electron chi connectivity index (χ1n) is 6.55. The number of nitriles is 1. The summed E-state index contributed by atoms with van der Waals surface area (Å²) < 4.78 is 0. The minimum atomic E-state index is -0.107. The van der Waals surface area contributed by atoms with Crippen LogP contribution in [0.1, 0.15) is 23.5 Å². The van der Waals surface area contributed by atoms with Gasteiger partial charge in [0.1, 0.15) is 6.54 Å². The molecule has 0 aromatic heterocycles. The van der Waals surface area contributed by atoms with Crippen molar-refractivity contribution in [2.45, 2.75) is 12.3 Å². The van der Waals surface area contributed by atoms with Crippen molar-refractivity contribution in [1.29, 1.82) is 5.26 Å². The number of nitrogens with one attached hydrogen (secondary N) is 1. The molecule has 1 N–H and O–H groups in total. The summed E-state index contributed by atoms with van der Waals surface area (Å²) in [6.07, 6.45) is 0.343. The number of hydrogen-bond donors (Lipinski definition) is 1. The fourth-order valence-electron chi connectivity index (χ4n) is 2.19. The Balaban J connectivity index is 2.22. The van der Waals surface area contributed by atoms with Gasteiger partial charge in [0.15, 0.2) is 0 Å². The van der Waals surface area contributed by atoms with E-state index >= 15 is 0 Å². The van der Waals surface area contributed by atoms with Gasteiger partial charge in [0.2, 0.25) is 5.91 Å². The lowest BCUT2D eigenvalue weighted by molar-refractivity contribution is -0.121. The second-order valence-corrected chi connectivity index (χ2v) is 4.51. The summed E-state index contributed by atoms with van der Waals surface area (Å²) in [6, 6.07) is 21.8. The van der Waals surface area contributed by atoms with E-state index < -0.39 is 0 Å². The van der Waals surface area contributed by atoms with Gasteiger partial charge < -0.3 is 5.32 Å². The van der Waals surface area contributed by atoms with Crippen molar-refractivity contribution in [1.82, 2.24) is 5.32 Å². The first-order chi connectivity index (χ1) is 9.81. The molecule has 0 fully saturated rings. The van der Waals surface area contributed by atoms with E-state index in [9.17, 15) is 4.79 Å². The van der Waals surface area contributed by atoms with Crippen LogP contribution in [0.4, 0.5) is 0 Å². The zero-order valence-corrected chi connectivity index (χ0v) is 11.1. The highest BCUT2D eigenvalue weighted by Crippen LogP contribution is 2.27. The van der Waals surface area contributed by atoms with E-state index in [-0.39, 0.29) is 18.4 Å². The first kappa shape index (κ1) is 13.8. The van der Waals surface area contributed by atoms with E-state index in [0.29, 0.717) is 6.42 Å². The maximum atomic E-state index is 11.9. The minimum Gasteiger partial charge on any atom is -0.343 e. The largest absolute Gasteiger partial charge is 0.343 e. The molecule has 100 valence electrons. The molecule has 0 saturated heterocycles. The lowest BCUT2D eigenvalue weighted by Gasteiger charge is -2.17. The molecule has 0 unspecified atom stereocenters. The second-order valence-electron chi connectivity index (χ2n) is 4.51. The smallest absolute Gasteiger partial charge is 0.221 e. The van der Waals surface area contributed by atoms with Gasteiger partial charge in [-0.2, -0.15) is 5.26 Å². The van der Waals surface area contributed by atoms with Gasteiger partial charge in [-0.3, -0.25) is 4.79 Å². The third-order valence-electron chi connectivity index (χ3n) is 3.16. The van der Waals surface area contributed by atoms with Crippen LogP contribution >= 0.6 is 0 Å². The summed E-state index contributed by atoms with van der Waals surface area (Å²) in [5, 5.41) is 11.1. The van der Waals surface area contributed by atoms with E-state index in [1.807, 2.05) is 66.7 Å². The molecule has 2 rings (SSSR count). The molecule has 0 radical (unpaired) electrons. The minimum absolute atomic E-state index is 0.0103. The fourth-order valence-corrected chi connectivity index (χ4v) is 2.19. The number of rotatable bonds is 5. The molecule has 0 saturated carbocycles. The summed E-state index contributed by atoms with van der Waals surface area (Å²) >= 11 is 0. The van der Waals surface area contributed by atoms with E-state index in [1.165, 1.54) is 0 Å². The zero-order chi connectivity index (χ0) is 14.2. The Morgan fingerprint density at radius 2 is 1.50 bits per heavy atom. The van der Waals surface area contributed by atoms with E-state index in [4.69, 9.17) is 5.26 Å². The van der Waals surface area contributed by atoms with Crippen molar-refractivity contribution < 1.29 is 4.79 Å². The summed E-state index contributed by atoms with van der Waals surface area (Å²) in [7, 11) is 0. The highest BCUT2D eigenvalue weighted by atomic mass is 16.1. The molecule has 0 bridgehead atoms. The van der Waals surface area contributed by atoms with Crippen molar-refractivity contribution in [3.63, 3.8) is 0 Å². The predicted molar refractivity (Wildman–Crippen MR) is 78.0 cm³/mol. The third-order valence-corrected chi connectivity index (χ3v) is 3.16. The maximum absolute atomic E-state index is 11.9. The molecule has 2 aromatic carbocycles. The summed E-state index contributed by atoms with van der Waals surface area (Å²) in [5.74, 6) is -0.0969. The van der Waals surface area contributed by atoms with Gasteiger partial charge in [0.05, 0.1) is 6.07 Å². The molecular formula is C17H16N2O. The number of carbonyl (C=O) groups excluding carboxylic acids is 1. The summed E-state index contributed by atoms with van der Waals surface area (Å²) in [4.78, 5) is 11.9. The van der Waals surface area contributed by atoms with Gasteiger partial charge in [0, 0.05) is 12.3 Å². The van der Waals surface area contributed by atoms with E-state index in [0.717, 1.165) is 11.1 Å². The van der Waals surface area contributed by atoms with Crippen LogP contribution in [-0.4, -0.2) is 12.5 Å². The molecule has 3 nitrogen and oxygen atoms in total. The van der Waals surface area contributed by atoms with Crippen molar-refractivity contribution in [3.05, 3.63) is 71.8 Å². The van der Waals surface area contributed by atoms with Gasteiger partial charge in [-0.15, -0.1) is 0 Å². The van der Waals surface area contributed by atoms with Gasteiger partial charge in [0.25, 0.3) is 0 Å². The average Bonchev–Trinajstić information content (AvgIpc) is 2.52. The Labute approximate surface area is 118 Å².